The minimum absolute atomic E-state index is 0.185. The first-order valence-corrected chi connectivity index (χ1v) is 12.0. The third-order valence-corrected chi connectivity index (χ3v) is 7.09. The molecule has 0 radical (unpaired) electrons. The number of nitrogens with zero attached hydrogens (tertiary/aromatic N) is 5. The van der Waals surface area contributed by atoms with Crippen LogP contribution in [-0.4, -0.2) is 61.4 Å². The summed E-state index contributed by atoms with van der Waals surface area (Å²) in [6.45, 7) is 4.07. The molecule has 3 atom stereocenters. The van der Waals surface area contributed by atoms with Gasteiger partial charge in [0, 0.05) is 36.3 Å². The predicted molar refractivity (Wildman–Crippen MR) is 130 cm³/mol. The van der Waals surface area contributed by atoms with Crippen molar-refractivity contribution in [1.82, 2.24) is 29.9 Å². The summed E-state index contributed by atoms with van der Waals surface area (Å²) in [5.41, 5.74) is 2.96. The van der Waals surface area contributed by atoms with Crippen molar-refractivity contribution in [2.24, 2.45) is 5.92 Å². The molecule has 10 heteroatoms. The zero-order chi connectivity index (χ0) is 23.9. The normalized spacial score (nSPS) is 22.7. The molecule has 0 aliphatic carbocycles. The standard InChI is InChI=1S/C25H27N7O3/c1-15-2-5-22(16-3-4-17-13-32(30-20(17)8-16)19-6-7-35-14-19)31(12-15)25(34)24(33)28-21-11-26-9-18-10-27-29-23(18)21/h3-4,8-11,13,15,19,22H,2,5-7,12,14H2,1H3,(H,27,29)(H,28,33). The molecule has 3 aromatic heterocycles. The van der Waals surface area contributed by atoms with Gasteiger partial charge in [0.1, 0.15) is 0 Å². The lowest BCUT2D eigenvalue weighted by atomic mass is 9.89. The largest absolute Gasteiger partial charge is 0.379 e. The third kappa shape index (κ3) is 4.03. The van der Waals surface area contributed by atoms with E-state index in [-0.39, 0.29) is 12.1 Å². The van der Waals surface area contributed by atoms with Crippen molar-refractivity contribution in [2.75, 3.05) is 25.1 Å². The molecule has 35 heavy (non-hydrogen) atoms. The highest BCUT2D eigenvalue weighted by Crippen LogP contribution is 2.35. The lowest BCUT2D eigenvalue weighted by Crippen LogP contribution is -2.46. The molecule has 4 aromatic rings. The van der Waals surface area contributed by atoms with Crippen molar-refractivity contribution in [2.45, 2.75) is 38.3 Å². The lowest BCUT2D eigenvalue weighted by Gasteiger charge is -2.38. The van der Waals surface area contributed by atoms with E-state index < -0.39 is 11.8 Å². The summed E-state index contributed by atoms with van der Waals surface area (Å²) < 4.78 is 7.50. The van der Waals surface area contributed by atoms with Crippen LogP contribution in [-0.2, 0) is 14.3 Å². The number of likely N-dealkylation sites (tertiary alicyclic amines) is 1. The topological polar surface area (TPSA) is 118 Å². The van der Waals surface area contributed by atoms with E-state index in [9.17, 15) is 9.59 Å². The smallest absolute Gasteiger partial charge is 0.314 e. The number of aromatic amines is 1. The van der Waals surface area contributed by atoms with Crippen LogP contribution in [0.2, 0.25) is 0 Å². The SMILES string of the molecule is CC1CCC(c2ccc3cn(C4CCOC4)nc3c2)N(C(=O)C(=O)Nc2cncc3cn[nH]c23)C1. The number of pyridine rings is 1. The van der Waals surface area contributed by atoms with Crippen LogP contribution in [0.15, 0.2) is 43.0 Å². The summed E-state index contributed by atoms with van der Waals surface area (Å²) in [4.78, 5) is 32.2. The number of H-pyrrole nitrogens is 1. The van der Waals surface area contributed by atoms with Crippen LogP contribution in [0.5, 0.6) is 0 Å². The van der Waals surface area contributed by atoms with E-state index in [1.54, 1.807) is 17.3 Å². The van der Waals surface area contributed by atoms with Crippen LogP contribution >= 0.6 is 0 Å². The second-order valence-electron chi connectivity index (χ2n) is 9.58. The van der Waals surface area contributed by atoms with Crippen molar-refractivity contribution in [3.63, 3.8) is 0 Å². The number of ether oxygens (including phenoxy) is 1. The van der Waals surface area contributed by atoms with Gasteiger partial charge in [-0.25, -0.2) is 0 Å². The molecule has 180 valence electrons. The second-order valence-corrected chi connectivity index (χ2v) is 9.58. The van der Waals surface area contributed by atoms with E-state index in [1.165, 1.54) is 6.20 Å². The van der Waals surface area contributed by atoms with Gasteiger partial charge in [0.25, 0.3) is 0 Å². The van der Waals surface area contributed by atoms with Crippen LogP contribution in [0.25, 0.3) is 21.8 Å². The third-order valence-electron chi connectivity index (χ3n) is 7.09. The lowest BCUT2D eigenvalue weighted by molar-refractivity contribution is -0.146. The Morgan fingerprint density at radius 1 is 1.14 bits per heavy atom. The highest BCUT2D eigenvalue weighted by molar-refractivity contribution is 6.40. The number of hydrogen-bond donors (Lipinski definition) is 2. The predicted octanol–water partition coefficient (Wildman–Crippen LogP) is 3.21. The summed E-state index contributed by atoms with van der Waals surface area (Å²) in [5, 5.41) is 16.2. The number of amides is 2. The summed E-state index contributed by atoms with van der Waals surface area (Å²) in [7, 11) is 0. The molecular formula is C25H27N7O3. The Bertz CT molecular complexity index is 1400. The van der Waals surface area contributed by atoms with E-state index in [4.69, 9.17) is 9.84 Å². The number of anilines is 1. The molecule has 6 rings (SSSR count). The summed E-state index contributed by atoms with van der Waals surface area (Å²) >= 11 is 0. The number of carbonyl (C=O) groups excluding carboxylic acids is 2. The van der Waals surface area contributed by atoms with Gasteiger partial charge in [-0.3, -0.25) is 24.4 Å². The number of nitrogens with one attached hydrogen (secondary N) is 2. The van der Waals surface area contributed by atoms with Gasteiger partial charge in [-0.1, -0.05) is 19.1 Å². The molecule has 2 aliphatic rings. The first-order valence-electron chi connectivity index (χ1n) is 12.0. The van der Waals surface area contributed by atoms with Crippen LogP contribution in [0.4, 0.5) is 5.69 Å². The first-order chi connectivity index (χ1) is 17.1. The number of aromatic nitrogens is 5. The van der Waals surface area contributed by atoms with E-state index in [1.807, 2.05) is 10.7 Å². The Kier molecular flexibility index (Phi) is 5.44. The van der Waals surface area contributed by atoms with Gasteiger partial charge in [-0.15, -0.1) is 0 Å². The van der Waals surface area contributed by atoms with Gasteiger partial charge in [-0.2, -0.15) is 10.2 Å². The molecule has 0 saturated carbocycles. The number of benzene rings is 1. The quantitative estimate of drug-likeness (QED) is 0.441. The van der Waals surface area contributed by atoms with Crippen molar-refractivity contribution in [3.05, 3.63) is 48.5 Å². The Hall–Kier alpha value is -3.79. The molecular weight excluding hydrogens is 446 g/mol. The van der Waals surface area contributed by atoms with Gasteiger partial charge >= 0.3 is 11.8 Å². The summed E-state index contributed by atoms with van der Waals surface area (Å²) in [5.74, 6) is -0.919. The fraction of sp³-hybridized carbons (Fsp3) is 0.400. The number of hydrogen-bond acceptors (Lipinski definition) is 6. The molecule has 2 aliphatic heterocycles. The van der Waals surface area contributed by atoms with E-state index in [0.29, 0.717) is 30.3 Å². The summed E-state index contributed by atoms with van der Waals surface area (Å²) in [6, 6.07) is 6.23. The van der Waals surface area contributed by atoms with Gasteiger partial charge in [-0.05, 0) is 36.8 Å². The Morgan fingerprint density at radius 3 is 2.91 bits per heavy atom. The molecule has 2 amide bonds. The van der Waals surface area contributed by atoms with Crippen LogP contribution in [0, 0.1) is 5.92 Å². The van der Waals surface area contributed by atoms with Gasteiger partial charge < -0.3 is 15.0 Å². The average molecular weight is 474 g/mol. The van der Waals surface area contributed by atoms with Gasteiger partial charge in [0.15, 0.2) is 0 Å². The van der Waals surface area contributed by atoms with Gasteiger partial charge in [0.2, 0.25) is 0 Å². The molecule has 3 unspecified atom stereocenters. The highest BCUT2D eigenvalue weighted by atomic mass is 16.5. The minimum atomic E-state index is -0.681. The summed E-state index contributed by atoms with van der Waals surface area (Å²) in [6.07, 6.45) is 9.58. The molecule has 2 N–H and O–H groups in total. The minimum Gasteiger partial charge on any atom is -0.379 e. The highest BCUT2D eigenvalue weighted by Gasteiger charge is 2.34. The van der Waals surface area contributed by atoms with Crippen LogP contribution in [0.3, 0.4) is 0 Å². The monoisotopic (exact) mass is 473 g/mol. The number of piperidine rings is 1. The maximum Gasteiger partial charge on any atom is 0.314 e. The van der Waals surface area contributed by atoms with Crippen LogP contribution in [0.1, 0.15) is 43.8 Å². The van der Waals surface area contributed by atoms with E-state index in [2.05, 4.69) is 45.8 Å². The Morgan fingerprint density at radius 2 is 2.06 bits per heavy atom. The zero-order valence-corrected chi connectivity index (χ0v) is 19.5. The molecule has 10 nitrogen and oxygen atoms in total. The first kappa shape index (κ1) is 21.7. The van der Waals surface area contributed by atoms with E-state index >= 15 is 0 Å². The molecule has 5 heterocycles. The number of rotatable bonds is 3. The van der Waals surface area contributed by atoms with Gasteiger partial charge in [0.05, 0.1) is 47.8 Å². The fourth-order valence-electron chi connectivity index (χ4n) is 5.17. The van der Waals surface area contributed by atoms with E-state index in [0.717, 1.165) is 47.7 Å². The maximum absolute atomic E-state index is 13.4. The van der Waals surface area contributed by atoms with Crippen molar-refractivity contribution in [1.29, 1.82) is 0 Å². The van der Waals surface area contributed by atoms with Crippen LogP contribution < -0.4 is 5.32 Å². The molecule has 0 spiro atoms. The Labute approximate surface area is 201 Å². The molecule has 2 fully saturated rings. The fourth-order valence-corrected chi connectivity index (χ4v) is 5.17. The maximum atomic E-state index is 13.4. The zero-order valence-electron chi connectivity index (χ0n) is 19.5. The van der Waals surface area contributed by atoms with Crippen molar-refractivity contribution >= 4 is 39.3 Å². The average Bonchev–Trinajstić information content (AvgIpc) is 3.63. The molecule has 0 bridgehead atoms. The Balaban J connectivity index is 1.26. The number of fused-ring (bicyclic) bond motifs is 2. The molecule has 1 aromatic carbocycles. The molecule has 2 saturated heterocycles. The van der Waals surface area contributed by atoms with Crippen molar-refractivity contribution < 1.29 is 14.3 Å². The second kappa shape index (κ2) is 8.77. The number of carbonyl (C=O) groups is 2. The van der Waals surface area contributed by atoms with Crippen molar-refractivity contribution in [3.8, 4) is 0 Å².